The van der Waals surface area contributed by atoms with Gasteiger partial charge in [-0.2, -0.15) is 0 Å². The van der Waals surface area contributed by atoms with Crippen LogP contribution in [0.4, 0.5) is 0 Å². The Morgan fingerprint density at radius 2 is 2.12 bits per heavy atom. The smallest absolute Gasteiger partial charge is 0.254 e. The summed E-state index contributed by atoms with van der Waals surface area (Å²) in [6.07, 6.45) is 2.04. The summed E-state index contributed by atoms with van der Waals surface area (Å²) < 4.78 is 0. The van der Waals surface area contributed by atoms with Gasteiger partial charge in [-0.15, -0.1) is 11.8 Å². The number of nitrogens with zero attached hydrogens (tertiary/aromatic N) is 1. The van der Waals surface area contributed by atoms with E-state index in [0.29, 0.717) is 0 Å². The van der Waals surface area contributed by atoms with Crippen LogP contribution in [-0.4, -0.2) is 42.7 Å². The van der Waals surface area contributed by atoms with Crippen molar-refractivity contribution < 1.29 is 4.79 Å². The molecule has 1 aromatic carbocycles. The Morgan fingerprint density at radius 3 is 2.71 bits per heavy atom. The van der Waals surface area contributed by atoms with E-state index in [1.54, 1.807) is 11.8 Å². The van der Waals surface area contributed by atoms with Gasteiger partial charge in [0.2, 0.25) is 0 Å². The van der Waals surface area contributed by atoms with Crippen molar-refractivity contribution in [2.45, 2.75) is 17.9 Å². The Morgan fingerprint density at radius 1 is 1.41 bits per heavy atom. The summed E-state index contributed by atoms with van der Waals surface area (Å²) >= 11 is 1.69. The third-order valence-corrected chi connectivity index (χ3v) is 3.84. The van der Waals surface area contributed by atoms with Crippen molar-refractivity contribution in [3.05, 3.63) is 29.8 Å². The number of rotatable bonds is 2. The van der Waals surface area contributed by atoms with Gasteiger partial charge in [-0.25, -0.2) is 0 Å². The van der Waals surface area contributed by atoms with Crippen LogP contribution in [0.15, 0.2) is 29.2 Å². The molecule has 0 aliphatic carbocycles. The van der Waals surface area contributed by atoms with Crippen LogP contribution < -0.4 is 5.32 Å². The van der Waals surface area contributed by atoms with Crippen molar-refractivity contribution in [2.75, 3.05) is 25.9 Å². The second kappa shape index (κ2) is 5.56. The van der Waals surface area contributed by atoms with Crippen molar-refractivity contribution >= 4 is 17.7 Å². The Hall–Kier alpha value is -1.00. The van der Waals surface area contributed by atoms with Crippen molar-refractivity contribution in [1.29, 1.82) is 0 Å². The Balaban J connectivity index is 2.12. The Labute approximate surface area is 107 Å². The summed E-state index contributed by atoms with van der Waals surface area (Å²) in [7, 11) is 0. The van der Waals surface area contributed by atoms with Crippen molar-refractivity contribution in [3.8, 4) is 0 Å². The normalized spacial score (nSPS) is 20.4. The summed E-state index contributed by atoms with van der Waals surface area (Å²) in [5.74, 6) is 0.145. The predicted octanol–water partition coefficient (Wildman–Crippen LogP) is 1.84. The molecule has 3 nitrogen and oxygen atoms in total. The largest absolute Gasteiger partial charge is 0.333 e. The first-order valence-electron chi connectivity index (χ1n) is 5.88. The molecule has 1 aliphatic heterocycles. The number of carbonyl (C=O) groups is 1. The summed E-state index contributed by atoms with van der Waals surface area (Å²) in [6.45, 7) is 4.65. The third kappa shape index (κ3) is 2.82. The van der Waals surface area contributed by atoms with Crippen LogP contribution in [0.3, 0.4) is 0 Å². The van der Waals surface area contributed by atoms with Crippen molar-refractivity contribution in [1.82, 2.24) is 10.2 Å². The highest BCUT2D eigenvalue weighted by Crippen LogP contribution is 2.17. The molecule has 1 atom stereocenters. The summed E-state index contributed by atoms with van der Waals surface area (Å²) in [5.41, 5.74) is 0.788. The predicted molar refractivity (Wildman–Crippen MR) is 71.6 cm³/mol. The maximum atomic E-state index is 12.3. The minimum atomic E-state index is 0.145. The van der Waals surface area contributed by atoms with Gasteiger partial charge in [-0.05, 0) is 37.4 Å². The van der Waals surface area contributed by atoms with Crippen LogP contribution in [0.1, 0.15) is 17.3 Å². The van der Waals surface area contributed by atoms with Crippen LogP contribution >= 0.6 is 11.8 Å². The van der Waals surface area contributed by atoms with Gasteiger partial charge in [-0.3, -0.25) is 4.79 Å². The van der Waals surface area contributed by atoms with E-state index in [-0.39, 0.29) is 11.9 Å². The molecule has 1 N–H and O–H groups in total. The highest BCUT2D eigenvalue weighted by Gasteiger charge is 2.23. The SMILES string of the molecule is CSc1ccc(C(=O)N2CCNCC2C)cc1. The Kier molecular flexibility index (Phi) is 4.07. The zero-order valence-corrected chi connectivity index (χ0v) is 11.1. The van der Waals surface area contributed by atoms with Crippen molar-refractivity contribution in [2.24, 2.45) is 0 Å². The molecule has 1 unspecified atom stereocenters. The average Bonchev–Trinajstić information content (AvgIpc) is 2.39. The highest BCUT2D eigenvalue weighted by molar-refractivity contribution is 7.98. The van der Waals surface area contributed by atoms with E-state index in [0.717, 1.165) is 25.2 Å². The molecule has 0 saturated carbocycles. The first-order valence-corrected chi connectivity index (χ1v) is 7.10. The lowest BCUT2D eigenvalue weighted by atomic mass is 10.1. The van der Waals surface area contributed by atoms with E-state index in [9.17, 15) is 4.79 Å². The van der Waals surface area contributed by atoms with Gasteiger partial charge in [0.25, 0.3) is 5.91 Å². The standard InChI is InChI=1S/C13H18N2OS/c1-10-9-14-7-8-15(10)13(16)11-3-5-12(17-2)6-4-11/h3-6,10,14H,7-9H2,1-2H3. The zero-order chi connectivity index (χ0) is 12.3. The fourth-order valence-corrected chi connectivity index (χ4v) is 2.45. The average molecular weight is 250 g/mol. The van der Waals surface area contributed by atoms with E-state index in [1.807, 2.05) is 35.4 Å². The maximum Gasteiger partial charge on any atom is 0.254 e. The van der Waals surface area contributed by atoms with Gasteiger partial charge in [0.15, 0.2) is 0 Å². The Bertz CT molecular complexity index is 391. The minimum Gasteiger partial charge on any atom is -0.333 e. The number of nitrogens with one attached hydrogen (secondary N) is 1. The van der Waals surface area contributed by atoms with E-state index in [1.165, 1.54) is 4.90 Å². The van der Waals surface area contributed by atoms with E-state index >= 15 is 0 Å². The fourth-order valence-electron chi connectivity index (χ4n) is 2.04. The molecule has 2 rings (SSSR count). The lowest BCUT2D eigenvalue weighted by molar-refractivity contribution is 0.0655. The molecule has 17 heavy (non-hydrogen) atoms. The summed E-state index contributed by atoms with van der Waals surface area (Å²) in [5, 5.41) is 3.29. The second-order valence-electron chi connectivity index (χ2n) is 4.28. The monoisotopic (exact) mass is 250 g/mol. The van der Waals surface area contributed by atoms with Crippen LogP contribution in [-0.2, 0) is 0 Å². The van der Waals surface area contributed by atoms with Gasteiger partial charge in [0.1, 0.15) is 0 Å². The van der Waals surface area contributed by atoms with Gasteiger partial charge < -0.3 is 10.2 Å². The van der Waals surface area contributed by atoms with Crippen molar-refractivity contribution in [3.63, 3.8) is 0 Å². The fraction of sp³-hybridized carbons (Fsp3) is 0.462. The molecule has 1 fully saturated rings. The molecule has 0 radical (unpaired) electrons. The molecule has 92 valence electrons. The third-order valence-electron chi connectivity index (χ3n) is 3.10. The first kappa shape index (κ1) is 12.5. The number of hydrogen-bond acceptors (Lipinski definition) is 3. The lowest BCUT2D eigenvalue weighted by Crippen LogP contribution is -2.52. The molecule has 1 heterocycles. The lowest BCUT2D eigenvalue weighted by Gasteiger charge is -2.34. The maximum absolute atomic E-state index is 12.3. The van der Waals surface area contributed by atoms with Crippen LogP contribution in [0.2, 0.25) is 0 Å². The van der Waals surface area contributed by atoms with Gasteiger partial charge in [0, 0.05) is 36.1 Å². The number of benzene rings is 1. The first-order chi connectivity index (χ1) is 8.22. The molecule has 1 saturated heterocycles. The zero-order valence-electron chi connectivity index (χ0n) is 10.3. The molecule has 1 aromatic rings. The molecular formula is C13H18N2OS. The van der Waals surface area contributed by atoms with Crippen LogP contribution in [0, 0.1) is 0 Å². The van der Waals surface area contributed by atoms with Gasteiger partial charge >= 0.3 is 0 Å². The van der Waals surface area contributed by atoms with E-state index in [2.05, 4.69) is 12.2 Å². The molecule has 0 aromatic heterocycles. The van der Waals surface area contributed by atoms with Crippen LogP contribution in [0.5, 0.6) is 0 Å². The number of amides is 1. The molecule has 0 spiro atoms. The number of carbonyl (C=O) groups excluding carboxylic acids is 1. The van der Waals surface area contributed by atoms with Crippen LogP contribution in [0.25, 0.3) is 0 Å². The van der Waals surface area contributed by atoms with Gasteiger partial charge in [0.05, 0.1) is 0 Å². The topological polar surface area (TPSA) is 32.3 Å². The highest BCUT2D eigenvalue weighted by atomic mass is 32.2. The number of piperazine rings is 1. The summed E-state index contributed by atoms with van der Waals surface area (Å²) in [4.78, 5) is 15.4. The van der Waals surface area contributed by atoms with E-state index < -0.39 is 0 Å². The molecule has 1 amide bonds. The molecule has 1 aliphatic rings. The minimum absolute atomic E-state index is 0.145. The molecule has 0 bridgehead atoms. The van der Waals surface area contributed by atoms with E-state index in [4.69, 9.17) is 0 Å². The molecular weight excluding hydrogens is 232 g/mol. The van der Waals surface area contributed by atoms with Gasteiger partial charge in [-0.1, -0.05) is 0 Å². The second-order valence-corrected chi connectivity index (χ2v) is 5.16. The summed E-state index contributed by atoms with van der Waals surface area (Å²) in [6, 6.07) is 8.12. The quantitative estimate of drug-likeness (QED) is 0.813. The number of hydrogen-bond donors (Lipinski definition) is 1. The molecule has 4 heteroatoms. The number of thioether (sulfide) groups is 1.